The minimum absolute atomic E-state index is 0.0298. The van der Waals surface area contributed by atoms with E-state index in [2.05, 4.69) is 0 Å². The fourth-order valence-electron chi connectivity index (χ4n) is 1.63. The molecule has 0 aliphatic carbocycles. The Morgan fingerprint density at radius 2 is 2.12 bits per heavy atom. The van der Waals surface area contributed by atoms with E-state index in [-0.39, 0.29) is 11.5 Å². The fraction of sp³-hybridized carbons (Fsp3) is 0.273. The molecule has 1 aromatic rings. The molecular weight excluding hydrogens is 231 g/mol. The van der Waals surface area contributed by atoms with Crippen LogP contribution in [0.1, 0.15) is 12.5 Å². The molecular formula is C11H11FO3S. The summed E-state index contributed by atoms with van der Waals surface area (Å²) in [6.07, 6.45) is 0. The maximum absolute atomic E-state index is 13.0. The van der Waals surface area contributed by atoms with Crippen LogP contribution >= 0.6 is 0 Å². The largest absolute Gasteiger partial charge is 0.377 e. The van der Waals surface area contributed by atoms with Crippen LogP contribution in [0.3, 0.4) is 0 Å². The Kier molecular flexibility index (Phi) is 2.82. The molecule has 0 spiro atoms. The number of ether oxygens (including phenoxy) is 1. The van der Waals surface area contributed by atoms with Crippen molar-refractivity contribution in [3.05, 3.63) is 35.0 Å². The third kappa shape index (κ3) is 1.88. The predicted octanol–water partition coefficient (Wildman–Crippen LogP) is 1.99. The van der Waals surface area contributed by atoms with Crippen LogP contribution in [0.15, 0.2) is 28.5 Å². The van der Waals surface area contributed by atoms with Crippen LogP contribution in [-0.2, 0) is 14.6 Å². The second-order valence-corrected chi connectivity index (χ2v) is 5.23. The Bertz CT molecular complexity index is 546. The summed E-state index contributed by atoms with van der Waals surface area (Å²) in [6.45, 7) is 2.57. The second-order valence-electron chi connectivity index (χ2n) is 3.47. The lowest BCUT2D eigenvalue weighted by molar-refractivity contribution is 0.182. The molecule has 0 atom stereocenters. The van der Waals surface area contributed by atoms with Gasteiger partial charge in [-0.2, -0.15) is 0 Å². The number of halogens is 1. The lowest BCUT2D eigenvalue weighted by Crippen LogP contribution is -1.96. The second kappa shape index (κ2) is 3.99. The molecule has 1 heterocycles. The van der Waals surface area contributed by atoms with Gasteiger partial charge in [-0.3, -0.25) is 0 Å². The van der Waals surface area contributed by atoms with Gasteiger partial charge in [-0.25, -0.2) is 12.8 Å². The average Bonchev–Trinajstić information content (AvgIpc) is 2.48. The molecule has 5 heteroatoms. The zero-order valence-electron chi connectivity index (χ0n) is 8.73. The van der Waals surface area contributed by atoms with Gasteiger partial charge in [-0.15, -0.1) is 0 Å². The van der Waals surface area contributed by atoms with Gasteiger partial charge in [0.05, 0.1) is 11.5 Å². The van der Waals surface area contributed by atoms with Gasteiger partial charge in [0.25, 0.3) is 0 Å². The van der Waals surface area contributed by atoms with E-state index in [4.69, 9.17) is 4.74 Å². The molecule has 0 radical (unpaired) electrons. The minimum atomic E-state index is -3.49. The van der Waals surface area contributed by atoms with E-state index in [1.54, 1.807) is 0 Å². The number of benzene rings is 1. The van der Waals surface area contributed by atoms with Gasteiger partial charge in [0, 0.05) is 12.0 Å². The molecule has 0 fully saturated rings. The molecule has 16 heavy (non-hydrogen) atoms. The van der Waals surface area contributed by atoms with E-state index < -0.39 is 15.7 Å². The summed E-state index contributed by atoms with van der Waals surface area (Å²) >= 11 is 0. The van der Waals surface area contributed by atoms with Crippen molar-refractivity contribution in [1.29, 1.82) is 0 Å². The first-order chi connectivity index (χ1) is 7.54. The summed E-state index contributed by atoms with van der Waals surface area (Å²) in [6, 6.07) is 3.76. The monoisotopic (exact) mass is 242 g/mol. The molecule has 0 unspecified atom stereocenters. The van der Waals surface area contributed by atoms with E-state index in [1.807, 2.05) is 6.92 Å². The quantitative estimate of drug-likeness (QED) is 0.814. The van der Waals surface area contributed by atoms with Crippen LogP contribution < -0.4 is 0 Å². The zero-order chi connectivity index (χ0) is 11.8. The lowest BCUT2D eigenvalue weighted by Gasteiger charge is -2.04. The summed E-state index contributed by atoms with van der Waals surface area (Å²) in [5.41, 5.74) is 1.12. The van der Waals surface area contributed by atoms with Gasteiger partial charge in [0.15, 0.2) is 0 Å². The van der Waals surface area contributed by atoms with Crippen molar-refractivity contribution in [2.75, 3.05) is 13.2 Å². The number of fused-ring (bicyclic) bond motifs is 1. The van der Waals surface area contributed by atoms with Gasteiger partial charge >= 0.3 is 0 Å². The highest BCUT2D eigenvalue weighted by molar-refractivity contribution is 7.95. The van der Waals surface area contributed by atoms with E-state index in [1.165, 1.54) is 12.1 Å². The Balaban J connectivity index is 2.48. The number of rotatable bonds is 3. The molecule has 0 amide bonds. The van der Waals surface area contributed by atoms with Crippen LogP contribution in [0.4, 0.5) is 4.39 Å². The van der Waals surface area contributed by atoms with Gasteiger partial charge in [0.2, 0.25) is 9.84 Å². The minimum Gasteiger partial charge on any atom is -0.377 e. The molecule has 0 aromatic heterocycles. The van der Waals surface area contributed by atoms with Crippen molar-refractivity contribution < 1.29 is 17.5 Å². The van der Waals surface area contributed by atoms with Gasteiger partial charge in [-0.1, -0.05) is 6.07 Å². The summed E-state index contributed by atoms with van der Waals surface area (Å²) < 4.78 is 41.5. The Morgan fingerprint density at radius 1 is 1.38 bits per heavy atom. The van der Waals surface area contributed by atoms with Crippen LogP contribution in [0, 0.1) is 5.82 Å². The number of hydrogen-bond donors (Lipinski definition) is 0. The standard InChI is InChI=1S/C11H11FO3S/c1-2-15-6-8-7-16(13,14)11-5-9(12)3-4-10(8)11/h3-5,7H,2,6H2,1H3. The molecule has 1 aromatic carbocycles. The third-order valence-electron chi connectivity index (χ3n) is 2.36. The lowest BCUT2D eigenvalue weighted by atomic mass is 10.1. The summed E-state index contributed by atoms with van der Waals surface area (Å²) in [5, 5.41) is 1.15. The molecule has 2 rings (SSSR count). The summed E-state index contributed by atoms with van der Waals surface area (Å²) in [4.78, 5) is 0.0298. The van der Waals surface area contributed by atoms with Crippen LogP contribution in [0.5, 0.6) is 0 Å². The van der Waals surface area contributed by atoms with Crippen molar-refractivity contribution in [1.82, 2.24) is 0 Å². The highest BCUT2D eigenvalue weighted by Gasteiger charge is 2.27. The van der Waals surface area contributed by atoms with Crippen molar-refractivity contribution in [3.63, 3.8) is 0 Å². The van der Waals surface area contributed by atoms with Crippen molar-refractivity contribution >= 4 is 15.4 Å². The third-order valence-corrected chi connectivity index (χ3v) is 3.90. The SMILES string of the molecule is CCOCC1=CS(=O)(=O)c2cc(F)ccc21. The molecule has 86 valence electrons. The van der Waals surface area contributed by atoms with Crippen LogP contribution in [0.25, 0.3) is 5.57 Å². The zero-order valence-corrected chi connectivity index (χ0v) is 9.55. The summed E-state index contributed by atoms with van der Waals surface area (Å²) in [5.74, 6) is -0.548. The molecule has 0 saturated carbocycles. The Labute approximate surface area is 93.5 Å². The summed E-state index contributed by atoms with van der Waals surface area (Å²) in [7, 11) is -3.49. The number of hydrogen-bond acceptors (Lipinski definition) is 3. The highest BCUT2D eigenvalue weighted by atomic mass is 32.2. The molecule has 1 aliphatic rings. The Hall–Kier alpha value is -1.20. The maximum atomic E-state index is 13.0. The highest BCUT2D eigenvalue weighted by Crippen LogP contribution is 2.33. The first-order valence-electron chi connectivity index (χ1n) is 4.88. The molecule has 0 N–H and O–H groups in total. The van der Waals surface area contributed by atoms with E-state index >= 15 is 0 Å². The van der Waals surface area contributed by atoms with Crippen molar-refractivity contribution in [2.24, 2.45) is 0 Å². The van der Waals surface area contributed by atoms with Crippen LogP contribution in [-0.4, -0.2) is 21.6 Å². The van der Waals surface area contributed by atoms with Crippen LogP contribution in [0.2, 0.25) is 0 Å². The number of sulfone groups is 1. The first-order valence-corrected chi connectivity index (χ1v) is 6.42. The van der Waals surface area contributed by atoms with Gasteiger partial charge in [0.1, 0.15) is 5.82 Å². The van der Waals surface area contributed by atoms with Crippen molar-refractivity contribution in [2.45, 2.75) is 11.8 Å². The molecule has 3 nitrogen and oxygen atoms in total. The van der Waals surface area contributed by atoms with Crippen molar-refractivity contribution in [3.8, 4) is 0 Å². The normalized spacial score (nSPS) is 17.0. The molecule has 0 saturated heterocycles. The predicted molar refractivity (Wildman–Crippen MR) is 58.1 cm³/mol. The van der Waals surface area contributed by atoms with Gasteiger partial charge in [-0.05, 0) is 30.2 Å². The van der Waals surface area contributed by atoms with E-state index in [0.717, 1.165) is 11.5 Å². The van der Waals surface area contributed by atoms with E-state index in [0.29, 0.717) is 17.7 Å². The smallest absolute Gasteiger partial charge is 0.200 e. The average molecular weight is 242 g/mol. The maximum Gasteiger partial charge on any atom is 0.200 e. The van der Waals surface area contributed by atoms with E-state index in [9.17, 15) is 12.8 Å². The van der Waals surface area contributed by atoms with Gasteiger partial charge < -0.3 is 4.74 Å². The Morgan fingerprint density at radius 3 is 2.81 bits per heavy atom. The first kappa shape index (κ1) is 11.3. The topological polar surface area (TPSA) is 43.4 Å². The molecule has 1 aliphatic heterocycles. The molecule has 0 bridgehead atoms. The fourth-order valence-corrected chi connectivity index (χ4v) is 3.11.